The fourth-order valence-corrected chi connectivity index (χ4v) is 6.92. The molecule has 5 unspecified atom stereocenters. The van der Waals surface area contributed by atoms with E-state index in [0.717, 1.165) is 25.7 Å². The lowest BCUT2D eigenvalue weighted by Gasteiger charge is -2.31. The van der Waals surface area contributed by atoms with Crippen LogP contribution in [0, 0.1) is 0 Å². The minimum absolute atomic E-state index is 0.470. The lowest BCUT2D eigenvalue weighted by Crippen LogP contribution is -2.15. The molecule has 67 heavy (non-hydrogen) atoms. The van der Waals surface area contributed by atoms with E-state index in [1.54, 1.807) is 0 Å². The lowest BCUT2D eigenvalue weighted by atomic mass is 9.73. The fourth-order valence-electron chi connectivity index (χ4n) is 6.92. The highest BCUT2D eigenvalue weighted by Gasteiger charge is 2.27. The molecule has 0 aliphatic rings. The molecule has 0 aromatic heterocycles. The summed E-state index contributed by atoms with van der Waals surface area (Å²) in [7, 11) is -18.8. The summed E-state index contributed by atoms with van der Waals surface area (Å²) in [5.74, 6) is 2.50. The zero-order valence-electron chi connectivity index (χ0n) is 38.6. The Balaban J connectivity index is 0.00000143. The Kier molecular flexibility index (Phi) is 28.9. The summed E-state index contributed by atoms with van der Waals surface area (Å²) in [6.07, 6.45) is 9.13. The molecule has 5 rings (SSSR count). The lowest BCUT2D eigenvalue weighted by molar-refractivity contribution is 0.406. The van der Waals surface area contributed by atoms with Gasteiger partial charge in [0.05, 0.1) is 39.0 Å². The van der Waals surface area contributed by atoms with Crippen molar-refractivity contribution < 1.29 is 64.9 Å². The summed E-state index contributed by atoms with van der Waals surface area (Å²) >= 11 is 0. The summed E-state index contributed by atoms with van der Waals surface area (Å²) in [6, 6.07) is 56.2. The first kappa shape index (κ1) is 62.7. The van der Waals surface area contributed by atoms with Gasteiger partial charge in [-0.3, -0.25) is 13.7 Å². The molecule has 0 aliphatic carbocycles. The SMILES string of the molecule is CCC(CC(CC(CC(CC(C)c1ccccc1)c1ccccc1)c1ccccc1)c1ccccc1)c1ccccc1.CS(=O)(=O)O.CS(=O)(=O)O.CS(=O)(=O)O.CS(=O)(=O)[O-].CS(=O)(=O)[O-]. The third-order valence-corrected chi connectivity index (χ3v) is 9.29. The zero-order valence-corrected chi connectivity index (χ0v) is 42.7. The van der Waals surface area contributed by atoms with E-state index in [-0.39, 0.29) is 0 Å². The van der Waals surface area contributed by atoms with Gasteiger partial charge in [-0.05, 0) is 89.5 Å². The number of hydrogen-bond acceptors (Lipinski definition) is 12. The first-order valence-electron chi connectivity index (χ1n) is 20.5. The number of hydrogen-bond donors (Lipinski definition) is 3. The van der Waals surface area contributed by atoms with E-state index in [4.69, 9.17) is 39.6 Å². The van der Waals surface area contributed by atoms with Crippen molar-refractivity contribution in [3.63, 3.8) is 0 Å². The maximum Gasteiger partial charge on any atom is 0.261 e. The van der Waals surface area contributed by atoms with Gasteiger partial charge in [0.1, 0.15) is 0 Å². The van der Waals surface area contributed by atoms with Crippen molar-refractivity contribution in [1.82, 2.24) is 0 Å². The largest absolute Gasteiger partial charge is 0.748 e. The molecule has 0 fully saturated rings. The van der Waals surface area contributed by atoms with Crippen LogP contribution in [-0.2, 0) is 50.6 Å². The number of benzene rings is 5. The van der Waals surface area contributed by atoms with Gasteiger partial charge < -0.3 is 9.11 Å². The predicted molar refractivity (Wildman–Crippen MR) is 264 cm³/mol. The van der Waals surface area contributed by atoms with Crippen LogP contribution in [0.25, 0.3) is 0 Å². The second-order valence-electron chi connectivity index (χ2n) is 15.7. The Bertz CT molecular complexity index is 2440. The van der Waals surface area contributed by atoms with Gasteiger partial charge in [0.15, 0.2) is 0 Å². The van der Waals surface area contributed by atoms with Gasteiger partial charge in [-0.25, -0.2) is 16.8 Å². The molecule has 5 atom stereocenters. The molecule has 0 bridgehead atoms. The molecule has 15 nitrogen and oxygen atoms in total. The van der Waals surface area contributed by atoms with E-state index < -0.39 is 50.6 Å². The van der Waals surface area contributed by atoms with E-state index in [2.05, 4.69) is 166 Å². The van der Waals surface area contributed by atoms with Gasteiger partial charge >= 0.3 is 0 Å². The summed E-state index contributed by atoms with van der Waals surface area (Å²) in [4.78, 5) is 0. The van der Waals surface area contributed by atoms with Gasteiger partial charge in [0, 0.05) is 12.5 Å². The first-order valence-corrected chi connectivity index (χ1v) is 29.7. The predicted octanol–water partition coefficient (Wildman–Crippen LogP) is 8.73. The van der Waals surface area contributed by atoms with Crippen LogP contribution < -0.4 is 0 Å². The molecular weight excluding hydrogens is 965 g/mol. The molecule has 0 heterocycles. The van der Waals surface area contributed by atoms with Crippen molar-refractivity contribution in [2.75, 3.05) is 31.3 Å². The Morgan fingerprint density at radius 1 is 0.358 bits per heavy atom. The molecule has 0 saturated heterocycles. The van der Waals surface area contributed by atoms with Gasteiger partial charge in [0.25, 0.3) is 30.4 Å². The molecule has 0 saturated carbocycles. The normalized spacial score (nSPS) is 13.7. The molecule has 0 spiro atoms. The summed E-state index contributed by atoms with van der Waals surface area (Å²) in [5.41, 5.74) is 7.32. The summed E-state index contributed by atoms with van der Waals surface area (Å²) in [6.45, 7) is 4.76. The molecule has 5 aromatic carbocycles. The summed E-state index contributed by atoms with van der Waals surface area (Å²) in [5, 5.41) is 0. The standard InChI is InChI=1S/C42H46.5CH4O3S/c1-3-34(36-21-11-5-12-22-36)30-41(38-25-15-7-16-26-38)32-42(39-27-17-8-18-28-39)31-40(37-23-13-6-14-24-37)29-33(2)35-19-9-4-10-20-35;5*1-5(2,3)4/h4-28,33-34,40-42H,3,29-32H2,1-2H3;5*1H3,(H,2,3,4)/p-2. The third-order valence-electron chi connectivity index (χ3n) is 9.29. The Morgan fingerprint density at radius 3 is 0.731 bits per heavy atom. The highest BCUT2D eigenvalue weighted by atomic mass is 32.2. The van der Waals surface area contributed by atoms with Gasteiger partial charge in [-0.2, -0.15) is 25.3 Å². The smallest absolute Gasteiger partial charge is 0.261 e. The van der Waals surface area contributed by atoms with E-state index in [9.17, 15) is 25.3 Å². The van der Waals surface area contributed by atoms with Gasteiger partial charge in [-0.1, -0.05) is 166 Å². The van der Waals surface area contributed by atoms with Crippen molar-refractivity contribution in [1.29, 1.82) is 0 Å². The second kappa shape index (κ2) is 30.9. The molecule has 0 amide bonds. The summed E-state index contributed by atoms with van der Waals surface area (Å²) < 4.78 is 132. The van der Waals surface area contributed by atoms with Crippen LogP contribution in [0.2, 0.25) is 0 Å². The fraction of sp³-hybridized carbons (Fsp3) is 0.362. The Labute approximate surface area is 399 Å². The minimum Gasteiger partial charge on any atom is -0.748 e. The molecule has 20 heteroatoms. The van der Waals surface area contributed by atoms with Crippen LogP contribution >= 0.6 is 0 Å². The van der Waals surface area contributed by atoms with E-state index in [1.807, 2.05) is 0 Å². The maximum atomic E-state index is 9.19. The van der Waals surface area contributed by atoms with Gasteiger partial charge in [-0.15, -0.1) is 0 Å². The van der Waals surface area contributed by atoms with Gasteiger partial charge in [0.2, 0.25) is 0 Å². The first-order chi connectivity index (χ1) is 30.7. The molecular formula is C47H64O15S5-2. The van der Waals surface area contributed by atoms with Crippen LogP contribution in [0.4, 0.5) is 0 Å². The molecule has 3 N–H and O–H groups in total. The third kappa shape index (κ3) is 40.4. The van der Waals surface area contributed by atoms with Crippen molar-refractivity contribution in [3.8, 4) is 0 Å². The van der Waals surface area contributed by atoms with E-state index in [1.165, 1.54) is 34.2 Å². The Hall–Kier alpha value is -4.35. The number of rotatable bonds is 14. The maximum absolute atomic E-state index is 9.19. The van der Waals surface area contributed by atoms with E-state index >= 15 is 0 Å². The van der Waals surface area contributed by atoms with Crippen LogP contribution in [0.5, 0.6) is 0 Å². The Morgan fingerprint density at radius 2 is 0.522 bits per heavy atom. The monoisotopic (exact) mass is 1030 g/mol. The van der Waals surface area contributed by atoms with Crippen molar-refractivity contribution in [2.24, 2.45) is 0 Å². The van der Waals surface area contributed by atoms with Crippen LogP contribution in [0.3, 0.4) is 0 Å². The van der Waals surface area contributed by atoms with Crippen molar-refractivity contribution in [2.45, 2.75) is 75.5 Å². The van der Waals surface area contributed by atoms with Crippen LogP contribution in [0.1, 0.15) is 103 Å². The molecule has 0 radical (unpaired) electrons. The van der Waals surface area contributed by atoms with Crippen LogP contribution in [-0.4, -0.2) is 96.1 Å². The van der Waals surface area contributed by atoms with Crippen molar-refractivity contribution in [3.05, 3.63) is 179 Å². The van der Waals surface area contributed by atoms with E-state index in [0.29, 0.717) is 60.9 Å². The molecule has 0 aliphatic heterocycles. The second-order valence-corrected chi connectivity index (χ2v) is 22.9. The molecule has 374 valence electrons. The highest BCUT2D eigenvalue weighted by Crippen LogP contribution is 2.44. The molecule has 5 aromatic rings. The van der Waals surface area contributed by atoms with Crippen LogP contribution in [0.15, 0.2) is 152 Å². The topological polar surface area (TPSA) is 278 Å². The average molecular weight is 1030 g/mol. The van der Waals surface area contributed by atoms with Crippen molar-refractivity contribution >= 4 is 50.6 Å². The highest BCUT2D eigenvalue weighted by molar-refractivity contribution is 7.85. The quantitative estimate of drug-likeness (QED) is 0.0877. The minimum atomic E-state index is -3.92. The average Bonchev–Trinajstić information content (AvgIpc) is 3.20. The zero-order chi connectivity index (χ0) is 51.5.